The fraction of sp³-hybridized carbons (Fsp3) is 0.700. The summed E-state index contributed by atoms with van der Waals surface area (Å²) in [5, 5.41) is 40.0. The molecule has 3 saturated carbocycles. The summed E-state index contributed by atoms with van der Waals surface area (Å²) in [6, 6.07) is 0. The molecule has 0 spiro atoms. The molecule has 0 aromatic rings. The lowest BCUT2D eigenvalue weighted by molar-refractivity contribution is -0.141. The van der Waals surface area contributed by atoms with Crippen LogP contribution in [0.1, 0.15) is 79.1 Å². The van der Waals surface area contributed by atoms with E-state index in [1.165, 1.54) is 18.4 Å². The van der Waals surface area contributed by atoms with Crippen LogP contribution in [0.3, 0.4) is 0 Å². The third kappa shape index (κ3) is 6.69. The molecule has 4 N–H and O–H groups in total. The Balaban J connectivity index is 1.70. The average Bonchev–Trinajstić information content (AvgIpc) is 3.14. The van der Waals surface area contributed by atoms with Gasteiger partial charge in [0.05, 0.1) is 19.1 Å². The molecular weight excluding hydrogens is 456 g/mol. The van der Waals surface area contributed by atoms with Gasteiger partial charge >= 0.3 is 5.97 Å². The first kappa shape index (κ1) is 28.7. The SMILES string of the molecule is C=C1/C(=C\C=C2/CCC[C@]3(C)[C@@H]([C@H](C)CC#CC(C)(C)O)CC[C@@H]23)C[C@@H](O)[C@H](OCCC(=O)O)[C@@H]1O. The van der Waals surface area contributed by atoms with Gasteiger partial charge in [-0.15, -0.1) is 5.92 Å². The number of carbonyl (C=O) groups is 1. The number of carboxylic acids is 1. The van der Waals surface area contributed by atoms with Crippen LogP contribution in [0.15, 0.2) is 35.5 Å². The lowest BCUT2D eigenvalue weighted by atomic mass is 9.61. The summed E-state index contributed by atoms with van der Waals surface area (Å²) in [6.45, 7) is 12.1. The van der Waals surface area contributed by atoms with Gasteiger partial charge in [0.25, 0.3) is 0 Å². The monoisotopic (exact) mass is 500 g/mol. The highest BCUT2D eigenvalue weighted by atomic mass is 16.5. The molecule has 6 heteroatoms. The van der Waals surface area contributed by atoms with Gasteiger partial charge in [0.1, 0.15) is 17.8 Å². The number of rotatable bonds is 7. The number of hydrogen-bond donors (Lipinski definition) is 4. The lowest BCUT2D eigenvalue weighted by Gasteiger charge is -2.44. The van der Waals surface area contributed by atoms with Crippen LogP contribution in [-0.4, -0.2) is 56.9 Å². The molecular formula is C30H44O6. The summed E-state index contributed by atoms with van der Waals surface area (Å²) < 4.78 is 5.47. The highest BCUT2D eigenvalue weighted by Crippen LogP contribution is 2.59. The van der Waals surface area contributed by atoms with Crippen molar-refractivity contribution in [2.24, 2.45) is 23.2 Å². The standard InChI is InChI=1S/C30H44O6/c1-19(8-6-15-29(3,4)35)23-12-13-24-21(9-7-16-30(23,24)5)10-11-22-18-25(31)28(27(34)20(22)2)36-17-14-26(32)33/h10-11,19,23-25,27-28,31,34-35H,2,7-9,12-14,16-18H2,1,3-5H3,(H,32,33)/b21-10+,22-11-/t19-,23-,24+,25-,27-,28+,30-/m1/s1. The van der Waals surface area contributed by atoms with Gasteiger partial charge in [-0.3, -0.25) is 4.79 Å². The molecule has 0 aromatic heterocycles. The molecule has 200 valence electrons. The van der Waals surface area contributed by atoms with Crippen molar-refractivity contribution in [1.29, 1.82) is 0 Å². The summed E-state index contributed by atoms with van der Waals surface area (Å²) in [7, 11) is 0. The van der Waals surface area contributed by atoms with Crippen LogP contribution in [0, 0.1) is 35.0 Å². The van der Waals surface area contributed by atoms with Crippen LogP contribution in [0.25, 0.3) is 0 Å². The van der Waals surface area contributed by atoms with Crippen LogP contribution in [0.5, 0.6) is 0 Å². The molecule has 0 amide bonds. The Morgan fingerprint density at radius 2 is 2.03 bits per heavy atom. The number of ether oxygens (including phenoxy) is 1. The predicted octanol–water partition coefficient (Wildman–Crippen LogP) is 4.40. The Hall–Kier alpha value is -1.91. The maximum Gasteiger partial charge on any atom is 0.305 e. The number of fused-ring (bicyclic) bond motifs is 1. The second-order valence-corrected chi connectivity index (χ2v) is 11.8. The zero-order valence-electron chi connectivity index (χ0n) is 22.3. The summed E-state index contributed by atoms with van der Waals surface area (Å²) in [5.41, 5.74) is 2.05. The minimum absolute atomic E-state index is 0.0618. The minimum Gasteiger partial charge on any atom is -0.481 e. The molecule has 0 radical (unpaired) electrons. The highest BCUT2D eigenvalue weighted by molar-refractivity contribution is 5.66. The van der Waals surface area contributed by atoms with Crippen molar-refractivity contribution in [3.05, 3.63) is 35.5 Å². The van der Waals surface area contributed by atoms with E-state index in [-0.39, 0.29) is 18.4 Å². The Morgan fingerprint density at radius 3 is 2.69 bits per heavy atom. The van der Waals surface area contributed by atoms with Crippen molar-refractivity contribution in [2.45, 2.75) is 103 Å². The van der Waals surface area contributed by atoms with Crippen LogP contribution in [-0.2, 0) is 9.53 Å². The van der Waals surface area contributed by atoms with Crippen LogP contribution < -0.4 is 0 Å². The maximum absolute atomic E-state index is 10.7. The molecule has 3 fully saturated rings. The molecule has 0 aliphatic heterocycles. The van der Waals surface area contributed by atoms with Gasteiger partial charge in [-0.25, -0.2) is 0 Å². The quantitative estimate of drug-likeness (QED) is 0.386. The largest absolute Gasteiger partial charge is 0.481 e. The van der Waals surface area contributed by atoms with Crippen molar-refractivity contribution in [1.82, 2.24) is 0 Å². The van der Waals surface area contributed by atoms with Gasteiger partial charge in [0.15, 0.2) is 0 Å². The van der Waals surface area contributed by atoms with Gasteiger partial charge in [0.2, 0.25) is 0 Å². The minimum atomic E-state index is -1.06. The topological polar surface area (TPSA) is 107 Å². The molecule has 7 atom stereocenters. The van der Waals surface area contributed by atoms with Gasteiger partial charge in [0, 0.05) is 12.8 Å². The van der Waals surface area contributed by atoms with Crippen LogP contribution >= 0.6 is 0 Å². The van der Waals surface area contributed by atoms with E-state index in [1.807, 2.05) is 6.08 Å². The second-order valence-electron chi connectivity index (χ2n) is 11.8. The van der Waals surface area contributed by atoms with Gasteiger partial charge < -0.3 is 25.2 Å². The van der Waals surface area contributed by atoms with Crippen molar-refractivity contribution in [2.75, 3.05) is 6.61 Å². The summed E-state index contributed by atoms with van der Waals surface area (Å²) in [4.78, 5) is 10.7. The first-order valence-electron chi connectivity index (χ1n) is 13.3. The first-order chi connectivity index (χ1) is 16.8. The third-order valence-corrected chi connectivity index (χ3v) is 8.56. The van der Waals surface area contributed by atoms with E-state index in [0.29, 0.717) is 29.7 Å². The molecule has 0 aromatic carbocycles. The fourth-order valence-electron chi connectivity index (χ4n) is 6.72. The normalized spacial score (nSPS) is 35.9. The number of allylic oxidation sites excluding steroid dienone is 3. The van der Waals surface area contributed by atoms with Crippen molar-refractivity contribution in [3.63, 3.8) is 0 Å². The average molecular weight is 501 g/mol. The zero-order chi connectivity index (χ0) is 26.7. The molecule has 3 aliphatic carbocycles. The number of hydrogen-bond acceptors (Lipinski definition) is 5. The van der Waals surface area contributed by atoms with Crippen LogP contribution in [0.4, 0.5) is 0 Å². The van der Waals surface area contributed by atoms with E-state index in [1.54, 1.807) is 13.8 Å². The van der Waals surface area contributed by atoms with Gasteiger partial charge in [-0.2, -0.15) is 0 Å². The molecule has 36 heavy (non-hydrogen) atoms. The van der Waals surface area contributed by atoms with Gasteiger partial charge in [-0.1, -0.05) is 44.1 Å². The third-order valence-electron chi connectivity index (χ3n) is 8.56. The molecule has 3 aliphatic rings. The van der Waals surface area contributed by atoms with E-state index in [2.05, 4.69) is 38.3 Å². The predicted molar refractivity (Wildman–Crippen MR) is 140 cm³/mol. The van der Waals surface area contributed by atoms with E-state index >= 15 is 0 Å². The molecule has 0 bridgehead atoms. The van der Waals surface area contributed by atoms with Gasteiger partial charge in [-0.05, 0) is 80.3 Å². The Morgan fingerprint density at radius 1 is 1.31 bits per heavy atom. The highest BCUT2D eigenvalue weighted by Gasteiger charge is 2.50. The number of aliphatic carboxylic acids is 1. The Bertz CT molecular complexity index is 945. The van der Waals surface area contributed by atoms with E-state index in [4.69, 9.17) is 9.84 Å². The van der Waals surface area contributed by atoms with Crippen molar-refractivity contribution in [3.8, 4) is 11.8 Å². The van der Waals surface area contributed by atoms with Crippen LogP contribution in [0.2, 0.25) is 0 Å². The Labute approximate surface area is 216 Å². The number of aliphatic hydroxyl groups excluding tert-OH is 2. The fourth-order valence-corrected chi connectivity index (χ4v) is 6.72. The van der Waals surface area contributed by atoms with Crippen molar-refractivity contribution < 1.29 is 30.0 Å². The molecule has 3 rings (SSSR count). The Kier molecular flexibility index (Phi) is 9.27. The smallest absolute Gasteiger partial charge is 0.305 e. The van der Waals surface area contributed by atoms with E-state index in [9.17, 15) is 20.1 Å². The maximum atomic E-state index is 10.7. The molecule has 0 unspecified atom stereocenters. The second kappa shape index (κ2) is 11.6. The molecule has 6 nitrogen and oxygen atoms in total. The van der Waals surface area contributed by atoms with E-state index < -0.39 is 29.9 Å². The summed E-state index contributed by atoms with van der Waals surface area (Å²) in [6.07, 6.45) is 8.04. The summed E-state index contributed by atoms with van der Waals surface area (Å²) >= 11 is 0. The number of carboxylic acid groups (broad SMARTS) is 1. The molecule has 0 heterocycles. The number of aliphatic hydroxyl groups is 3. The summed E-state index contributed by atoms with van der Waals surface area (Å²) in [5.74, 6) is 6.75. The lowest BCUT2D eigenvalue weighted by Crippen LogP contribution is -2.45. The van der Waals surface area contributed by atoms with Crippen molar-refractivity contribution >= 4 is 5.97 Å². The first-order valence-corrected chi connectivity index (χ1v) is 13.3. The van der Waals surface area contributed by atoms with E-state index in [0.717, 1.165) is 31.3 Å². The molecule has 0 saturated heterocycles. The zero-order valence-corrected chi connectivity index (χ0v) is 22.3.